The first-order valence-electron chi connectivity index (χ1n) is 8.99. The lowest BCUT2D eigenvalue weighted by Gasteiger charge is -2.38. The van der Waals surface area contributed by atoms with Crippen molar-refractivity contribution in [3.63, 3.8) is 0 Å². The van der Waals surface area contributed by atoms with Crippen LogP contribution < -0.4 is 24.0 Å². The van der Waals surface area contributed by atoms with Gasteiger partial charge in [-0.3, -0.25) is 0 Å². The van der Waals surface area contributed by atoms with Gasteiger partial charge in [0, 0.05) is 18.4 Å². The molecule has 0 aromatic heterocycles. The fraction of sp³-hybridized carbons (Fsp3) is 0.381. The van der Waals surface area contributed by atoms with E-state index in [1.54, 1.807) is 36.4 Å². The summed E-state index contributed by atoms with van der Waals surface area (Å²) in [5.41, 5.74) is -1.18. The fourth-order valence-electron chi connectivity index (χ4n) is 3.40. The summed E-state index contributed by atoms with van der Waals surface area (Å²) in [6.07, 6.45) is 1.33. The summed E-state index contributed by atoms with van der Waals surface area (Å²) in [5.74, 6) is -0.690. The highest BCUT2D eigenvalue weighted by molar-refractivity contribution is 6.42. The lowest BCUT2D eigenvalue weighted by Crippen LogP contribution is -3.00. The standard InChI is InChI=1S/C21H24Cl2NO3.HI/c1-24(2)12-10-17(11-13-24)27-20(25)21(26,15-6-4-3-5-7-15)16-8-9-18(22)19(23)14-16;/h3-9,14,17,26H,10-13H2,1-2H3;1H/q+1;/p-1. The van der Waals surface area contributed by atoms with Gasteiger partial charge in [-0.15, -0.1) is 0 Å². The van der Waals surface area contributed by atoms with E-state index in [2.05, 4.69) is 14.1 Å². The number of esters is 1. The van der Waals surface area contributed by atoms with E-state index < -0.39 is 11.6 Å². The Balaban J connectivity index is 0.00000280. The predicted octanol–water partition coefficient (Wildman–Crippen LogP) is 1.02. The number of likely N-dealkylation sites (tertiary alicyclic amines) is 1. The molecule has 28 heavy (non-hydrogen) atoms. The number of nitrogens with zero attached hydrogens (tertiary/aromatic N) is 1. The molecule has 0 saturated carbocycles. The first kappa shape index (κ1) is 23.4. The molecular weight excluding hydrogens is 512 g/mol. The molecule has 0 amide bonds. The number of halogens is 3. The van der Waals surface area contributed by atoms with Gasteiger partial charge in [-0.2, -0.15) is 0 Å². The third-order valence-electron chi connectivity index (χ3n) is 5.21. The molecule has 152 valence electrons. The van der Waals surface area contributed by atoms with Crippen molar-refractivity contribution in [1.29, 1.82) is 0 Å². The highest BCUT2D eigenvalue weighted by Crippen LogP contribution is 2.35. The van der Waals surface area contributed by atoms with Gasteiger partial charge < -0.3 is 38.3 Å². The maximum Gasteiger partial charge on any atom is 0.347 e. The van der Waals surface area contributed by atoms with Gasteiger partial charge in [-0.1, -0.05) is 59.6 Å². The second kappa shape index (κ2) is 9.30. The number of ether oxygens (including phenoxy) is 1. The van der Waals surface area contributed by atoms with Crippen LogP contribution in [0.2, 0.25) is 10.0 Å². The molecule has 2 aromatic rings. The Kier molecular flexibility index (Phi) is 7.78. The lowest BCUT2D eigenvalue weighted by atomic mass is 9.86. The van der Waals surface area contributed by atoms with Crippen molar-refractivity contribution in [2.75, 3.05) is 27.2 Å². The molecule has 1 saturated heterocycles. The number of benzene rings is 2. The molecule has 0 bridgehead atoms. The van der Waals surface area contributed by atoms with E-state index >= 15 is 0 Å². The Bertz CT molecular complexity index is 822. The van der Waals surface area contributed by atoms with E-state index in [-0.39, 0.29) is 35.1 Å². The van der Waals surface area contributed by atoms with Crippen LogP contribution in [0, 0.1) is 0 Å². The van der Waals surface area contributed by atoms with E-state index in [9.17, 15) is 9.90 Å². The minimum Gasteiger partial charge on any atom is -1.00 e. The molecule has 0 spiro atoms. The Morgan fingerprint density at radius 1 is 1.04 bits per heavy atom. The maximum absolute atomic E-state index is 13.1. The molecule has 1 N–H and O–H groups in total. The third kappa shape index (κ3) is 5.00. The maximum atomic E-state index is 13.1. The van der Waals surface area contributed by atoms with Gasteiger partial charge in [0.15, 0.2) is 0 Å². The topological polar surface area (TPSA) is 46.5 Å². The van der Waals surface area contributed by atoms with Crippen molar-refractivity contribution in [2.24, 2.45) is 0 Å². The second-order valence-corrected chi connectivity index (χ2v) is 8.51. The normalized spacial score (nSPS) is 18.6. The summed E-state index contributed by atoms with van der Waals surface area (Å²) >= 11 is 12.1. The molecule has 0 radical (unpaired) electrons. The number of carbonyl (C=O) groups is 1. The zero-order chi connectivity index (χ0) is 19.7. The highest BCUT2D eigenvalue weighted by Gasteiger charge is 2.43. The van der Waals surface area contributed by atoms with Gasteiger partial charge in [0.1, 0.15) is 6.10 Å². The molecule has 1 heterocycles. The summed E-state index contributed by atoms with van der Waals surface area (Å²) in [5, 5.41) is 12.1. The summed E-state index contributed by atoms with van der Waals surface area (Å²) in [4.78, 5) is 13.1. The second-order valence-electron chi connectivity index (χ2n) is 7.69. The molecule has 1 fully saturated rings. The van der Waals surface area contributed by atoms with Crippen LogP contribution in [0.1, 0.15) is 24.0 Å². The van der Waals surface area contributed by atoms with Crippen LogP contribution in [0.3, 0.4) is 0 Å². The van der Waals surface area contributed by atoms with E-state index in [0.717, 1.165) is 30.4 Å². The largest absolute Gasteiger partial charge is 1.00 e. The molecule has 1 aliphatic heterocycles. The molecule has 7 heteroatoms. The number of piperidine rings is 1. The Morgan fingerprint density at radius 3 is 2.21 bits per heavy atom. The van der Waals surface area contributed by atoms with Crippen LogP contribution in [-0.4, -0.2) is 48.8 Å². The van der Waals surface area contributed by atoms with E-state index in [1.165, 1.54) is 6.07 Å². The molecule has 1 aliphatic rings. The van der Waals surface area contributed by atoms with Crippen molar-refractivity contribution >= 4 is 29.2 Å². The van der Waals surface area contributed by atoms with Gasteiger partial charge >= 0.3 is 5.97 Å². The number of quaternary nitrogens is 1. The molecule has 3 rings (SSSR count). The van der Waals surface area contributed by atoms with Crippen molar-refractivity contribution < 1.29 is 43.1 Å². The minimum atomic E-state index is -1.95. The summed E-state index contributed by atoms with van der Waals surface area (Å²) in [7, 11) is 4.32. The molecule has 1 atom stereocenters. The van der Waals surface area contributed by atoms with Crippen LogP contribution in [-0.2, 0) is 15.1 Å². The van der Waals surface area contributed by atoms with Gasteiger partial charge in [-0.25, -0.2) is 4.79 Å². The summed E-state index contributed by atoms with van der Waals surface area (Å²) in [6.45, 7) is 1.85. The third-order valence-corrected chi connectivity index (χ3v) is 5.95. The average molecular weight is 536 g/mol. The van der Waals surface area contributed by atoms with Crippen LogP contribution in [0.4, 0.5) is 0 Å². The first-order valence-corrected chi connectivity index (χ1v) is 9.74. The Hall–Kier alpha value is -0.860. The average Bonchev–Trinajstić information content (AvgIpc) is 2.65. The highest BCUT2D eigenvalue weighted by atomic mass is 127. The molecule has 0 aliphatic carbocycles. The predicted molar refractivity (Wildman–Crippen MR) is 107 cm³/mol. The minimum absolute atomic E-state index is 0. The van der Waals surface area contributed by atoms with Crippen LogP contribution in [0.25, 0.3) is 0 Å². The number of hydrogen-bond donors (Lipinski definition) is 1. The molecule has 2 aromatic carbocycles. The van der Waals surface area contributed by atoms with Gasteiger partial charge in [0.2, 0.25) is 5.60 Å². The van der Waals surface area contributed by atoms with E-state index in [4.69, 9.17) is 27.9 Å². The van der Waals surface area contributed by atoms with Crippen molar-refractivity contribution in [3.05, 3.63) is 69.7 Å². The number of hydrogen-bond acceptors (Lipinski definition) is 3. The summed E-state index contributed by atoms with van der Waals surface area (Å²) < 4.78 is 6.66. The van der Waals surface area contributed by atoms with Crippen molar-refractivity contribution in [3.8, 4) is 0 Å². The quantitative estimate of drug-likeness (QED) is 0.361. The Labute approximate surface area is 193 Å². The van der Waals surface area contributed by atoms with Gasteiger partial charge in [-0.05, 0) is 17.7 Å². The lowest BCUT2D eigenvalue weighted by molar-refractivity contribution is -0.896. The van der Waals surface area contributed by atoms with Crippen molar-refractivity contribution in [1.82, 2.24) is 0 Å². The zero-order valence-electron chi connectivity index (χ0n) is 15.9. The van der Waals surface area contributed by atoms with Crippen LogP contribution >= 0.6 is 23.2 Å². The molecule has 1 unspecified atom stereocenters. The van der Waals surface area contributed by atoms with E-state index in [1.807, 2.05) is 6.07 Å². The zero-order valence-corrected chi connectivity index (χ0v) is 19.5. The number of carbonyl (C=O) groups excluding carboxylic acids is 1. The molecular formula is C21H24Cl2INO3. The molecule has 4 nitrogen and oxygen atoms in total. The number of aliphatic hydroxyl groups is 1. The van der Waals surface area contributed by atoms with Gasteiger partial charge in [0.25, 0.3) is 0 Å². The first-order chi connectivity index (χ1) is 12.7. The summed E-state index contributed by atoms with van der Waals surface area (Å²) in [6, 6.07) is 13.4. The smallest absolute Gasteiger partial charge is 0.347 e. The number of rotatable bonds is 4. The van der Waals surface area contributed by atoms with Gasteiger partial charge in [0.05, 0.1) is 37.2 Å². The monoisotopic (exact) mass is 535 g/mol. The van der Waals surface area contributed by atoms with Crippen LogP contribution in [0.15, 0.2) is 48.5 Å². The van der Waals surface area contributed by atoms with E-state index in [0.29, 0.717) is 16.1 Å². The van der Waals surface area contributed by atoms with Crippen molar-refractivity contribution in [2.45, 2.75) is 24.5 Å². The van der Waals surface area contributed by atoms with Crippen LogP contribution in [0.5, 0.6) is 0 Å². The SMILES string of the molecule is C[N+]1(C)CCC(OC(=O)C(O)(c2ccccc2)c2ccc(Cl)c(Cl)c2)CC1.[I-]. The fourth-order valence-corrected chi connectivity index (χ4v) is 3.70. The Morgan fingerprint density at radius 2 is 1.64 bits per heavy atom.